The van der Waals surface area contributed by atoms with Gasteiger partial charge >= 0.3 is 6.03 Å². The SMILES string of the molecule is COc1ccccc1C(CNC(=O)NCc1cccc(Cl)c1)N(C)C. The fraction of sp³-hybridized carbons (Fsp3) is 0.316. The van der Waals surface area contributed by atoms with E-state index in [2.05, 4.69) is 15.5 Å². The van der Waals surface area contributed by atoms with Crippen LogP contribution in [0.3, 0.4) is 0 Å². The number of hydrogen-bond acceptors (Lipinski definition) is 3. The second kappa shape index (κ2) is 9.30. The molecule has 134 valence electrons. The highest BCUT2D eigenvalue weighted by atomic mass is 35.5. The lowest BCUT2D eigenvalue weighted by molar-refractivity contribution is 0.231. The zero-order valence-corrected chi connectivity index (χ0v) is 15.5. The highest BCUT2D eigenvalue weighted by Crippen LogP contribution is 2.27. The minimum Gasteiger partial charge on any atom is -0.496 e. The van der Waals surface area contributed by atoms with Crippen LogP contribution in [-0.2, 0) is 6.54 Å². The van der Waals surface area contributed by atoms with Gasteiger partial charge < -0.3 is 20.3 Å². The molecule has 2 amide bonds. The first-order valence-electron chi connectivity index (χ1n) is 8.06. The van der Waals surface area contributed by atoms with E-state index in [-0.39, 0.29) is 12.1 Å². The number of carbonyl (C=O) groups is 1. The van der Waals surface area contributed by atoms with Crippen LogP contribution in [0.4, 0.5) is 4.79 Å². The second-order valence-electron chi connectivity index (χ2n) is 5.91. The number of methoxy groups -OCH3 is 1. The molecular formula is C19H24ClN3O2. The van der Waals surface area contributed by atoms with Gasteiger partial charge in [-0.2, -0.15) is 0 Å². The summed E-state index contributed by atoms with van der Waals surface area (Å²) >= 11 is 5.95. The third-order valence-corrected chi connectivity index (χ3v) is 4.15. The van der Waals surface area contributed by atoms with E-state index in [1.807, 2.05) is 56.6 Å². The normalized spacial score (nSPS) is 11.9. The minimum atomic E-state index is -0.221. The van der Waals surface area contributed by atoms with Gasteiger partial charge in [-0.15, -0.1) is 0 Å². The number of ether oxygens (including phenoxy) is 1. The van der Waals surface area contributed by atoms with Crippen molar-refractivity contribution in [3.63, 3.8) is 0 Å². The molecule has 0 bridgehead atoms. The van der Waals surface area contributed by atoms with Crippen LogP contribution < -0.4 is 15.4 Å². The van der Waals surface area contributed by atoms with Crippen molar-refractivity contribution in [2.24, 2.45) is 0 Å². The van der Waals surface area contributed by atoms with Crippen LogP contribution >= 0.6 is 11.6 Å². The highest BCUT2D eigenvalue weighted by Gasteiger charge is 2.18. The van der Waals surface area contributed by atoms with E-state index in [9.17, 15) is 4.79 Å². The van der Waals surface area contributed by atoms with Crippen LogP contribution in [0.1, 0.15) is 17.2 Å². The van der Waals surface area contributed by atoms with Gasteiger partial charge in [0.15, 0.2) is 0 Å². The van der Waals surface area contributed by atoms with Gasteiger partial charge in [-0.1, -0.05) is 41.9 Å². The maximum absolute atomic E-state index is 12.1. The molecule has 0 aliphatic rings. The lowest BCUT2D eigenvalue weighted by atomic mass is 10.0. The van der Waals surface area contributed by atoms with E-state index in [1.54, 1.807) is 13.2 Å². The number of urea groups is 1. The Balaban J connectivity index is 1.93. The topological polar surface area (TPSA) is 53.6 Å². The van der Waals surface area contributed by atoms with Crippen molar-refractivity contribution >= 4 is 17.6 Å². The summed E-state index contributed by atoms with van der Waals surface area (Å²) in [5.41, 5.74) is 1.99. The molecule has 2 rings (SSSR count). The molecule has 1 atom stereocenters. The summed E-state index contributed by atoms with van der Waals surface area (Å²) in [4.78, 5) is 14.2. The zero-order chi connectivity index (χ0) is 18.2. The molecule has 5 nitrogen and oxygen atoms in total. The van der Waals surface area contributed by atoms with E-state index in [0.717, 1.165) is 16.9 Å². The van der Waals surface area contributed by atoms with Crippen molar-refractivity contribution in [2.75, 3.05) is 27.7 Å². The maximum atomic E-state index is 12.1. The van der Waals surface area contributed by atoms with Gasteiger partial charge in [0.05, 0.1) is 13.2 Å². The number of likely N-dealkylation sites (N-methyl/N-ethyl adjacent to an activating group) is 1. The number of hydrogen-bond donors (Lipinski definition) is 2. The lowest BCUT2D eigenvalue weighted by Gasteiger charge is -2.26. The Kier molecular flexibility index (Phi) is 7.10. The van der Waals surface area contributed by atoms with E-state index in [4.69, 9.17) is 16.3 Å². The van der Waals surface area contributed by atoms with Gasteiger partial charge in [0.25, 0.3) is 0 Å². The molecule has 0 saturated heterocycles. The lowest BCUT2D eigenvalue weighted by Crippen LogP contribution is -2.40. The molecule has 6 heteroatoms. The zero-order valence-electron chi connectivity index (χ0n) is 14.8. The smallest absolute Gasteiger partial charge is 0.315 e. The Labute approximate surface area is 153 Å². The number of para-hydroxylation sites is 1. The molecule has 0 fully saturated rings. The highest BCUT2D eigenvalue weighted by molar-refractivity contribution is 6.30. The molecule has 2 aromatic rings. The average molecular weight is 362 g/mol. The fourth-order valence-electron chi connectivity index (χ4n) is 2.59. The molecule has 2 N–H and O–H groups in total. The van der Waals surface area contributed by atoms with Crippen molar-refractivity contribution in [1.29, 1.82) is 0 Å². The summed E-state index contributed by atoms with van der Waals surface area (Å²) < 4.78 is 5.43. The monoisotopic (exact) mass is 361 g/mol. The van der Waals surface area contributed by atoms with Crippen molar-refractivity contribution in [3.05, 3.63) is 64.7 Å². The summed E-state index contributed by atoms with van der Waals surface area (Å²) in [7, 11) is 5.60. The summed E-state index contributed by atoms with van der Waals surface area (Å²) in [6.45, 7) is 0.891. The van der Waals surface area contributed by atoms with Crippen LogP contribution in [0.5, 0.6) is 5.75 Å². The maximum Gasteiger partial charge on any atom is 0.315 e. The van der Waals surface area contributed by atoms with Crippen LogP contribution in [-0.4, -0.2) is 38.7 Å². The Hall–Kier alpha value is -2.24. The molecule has 0 aliphatic carbocycles. The van der Waals surface area contributed by atoms with E-state index in [0.29, 0.717) is 18.1 Å². The van der Waals surface area contributed by atoms with E-state index >= 15 is 0 Å². The predicted molar refractivity (Wildman–Crippen MR) is 101 cm³/mol. The van der Waals surface area contributed by atoms with Gasteiger partial charge in [0, 0.05) is 23.7 Å². The van der Waals surface area contributed by atoms with Gasteiger partial charge in [-0.3, -0.25) is 0 Å². The average Bonchev–Trinajstić information content (AvgIpc) is 2.60. The van der Waals surface area contributed by atoms with Gasteiger partial charge in [0.1, 0.15) is 5.75 Å². The molecule has 2 aromatic carbocycles. The first kappa shape index (κ1) is 19.1. The quantitative estimate of drug-likeness (QED) is 0.794. The standard InChI is InChI=1S/C19H24ClN3O2/c1-23(2)17(16-9-4-5-10-18(16)25-3)13-22-19(24)21-12-14-7-6-8-15(20)11-14/h4-11,17H,12-13H2,1-3H3,(H2,21,22,24). The molecule has 0 heterocycles. The molecule has 25 heavy (non-hydrogen) atoms. The van der Waals surface area contributed by atoms with Crippen molar-refractivity contribution in [2.45, 2.75) is 12.6 Å². The summed E-state index contributed by atoms with van der Waals surface area (Å²) in [6.07, 6.45) is 0. The molecule has 0 spiro atoms. The third-order valence-electron chi connectivity index (χ3n) is 3.92. The Morgan fingerprint density at radius 2 is 1.92 bits per heavy atom. The Morgan fingerprint density at radius 1 is 1.16 bits per heavy atom. The molecular weight excluding hydrogens is 338 g/mol. The molecule has 1 unspecified atom stereocenters. The molecule has 0 aliphatic heterocycles. The second-order valence-corrected chi connectivity index (χ2v) is 6.35. The van der Waals surface area contributed by atoms with Crippen molar-refractivity contribution < 1.29 is 9.53 Å². The third kappa shape index (κ3) is 5.66. The number of nitrogens with one attached hydrogen (secondary N) is 2. The number of amides is 2. The predicted octanol–water partition coefficient (Wildman–Crippen LogP) is 3.45. The van der Waals surface area contributed by atoms with Crippen LogP contribution in [0, 0.1) is 0 Å². The number of benzene rings is 2. The number of carbonyl (C=O) groups excluding carboxylic acids is 1. The van der Waals surface area contributed by atoms with Crippen molar-refractivity contribution in [1.82, 2.24) is 15.5 Å². The summed E-state index contributed by atoms with van der Waals surface area (Å²) in [6, 6.07) is 15.0. The van der Waals surface area contributed by atoms with Crippen LogP contribution in [0.15, 0.2) is 48.5 Å². The minimum absolute atomic E-state index is 0.00747. The van der Waals surface area contributed by atoms with Gasteiger partial charge in [-0.25, -0.2) is 4.79 Å². The summed E-state index contributed by atoms with van der Waals surface area (Å²) in [5, 5.41) is 6.42. The number of nitrogens with zero attached hydrogens (tertiary/aromatic N) is 1. The molecule has 0 radical (unpaired) electrons. The fourth-order valence-corrected chi connectivity index (χ4v) is 2.81. The number of halogens is 1. The summed E-state index contributed by atoms with van der Waals surface area (Å²) in [5.74, 6) is 0.808. The Morgan fingerprint density at radius 3 is 2.60 bits per heavy atom. The van der Waals surface area contributed by atoms with E-state index < -0.39 is 0 Å². The van der Waals surface area contributed by atoms with Crippen LogP contribution in [0.2, 0.25) is 5.02 Å². The van der Waals surface area contributed by atoms with Gasteiger partial charge in [0.2, 0.25) is 0 Å². The largest absolute Gasteiger partial charge is 0.496 e. The molecule has 0 saturated carbocycles. The Bertz CT molecular complexity index is 707. The molecule has 0 aromatic heterocycles. The van der Waals surface area contributed by atoms with E-state index in [1.165, 1.54) is 0 Å². The van der Waals surface area contributed by atoms with Crippen LogP contribution in [0.25, 0.3) is 0 Å². The first-order chi connectivity index (χ1) is 12.0. The number of rotatable bonds is 7. The van der Waals surface area contributed by atoms with Crippen molar-refractivity contribution in [3.8, 4) is 5.75 Å². The van der Waals surface area contributed by atoms with Gasteiger partial charge in [-0.05, 0) is 37.9 Å². The first-order valence-corrected chi connectivity index (χ1v) is 8.44.